The van der Waals surface area contributed by atoms with Crippen molar-refractivity contribution in [1.82, 2.24) is 10.2 Å². The quantitative estimate of drug-likeness (QED) is 0.279. The van der Waals surface area contributed by atoms with Gasteiger partial charge in [-0.05, 0) is 30.7 Å². The van der Waals surface area contributed by atoms with Crippen molar-refractivity contribution in [2.45, 2.75) is 17.0 Å². The highest BCUT2D eigenvalue weighted by Gasteiger charge is 2.16. The number of rotatable bonds is 6. The summed E-state index contributed by atoms with van der Waals surface area (Å²) in [5.41, 5.74) is 2.20. The number of hydrogen-bond acceptors (Lipinski definition) is 8. The van der Waals surface area contributed by atoms with Crippen LogP contribution in [0.25, 0.3) is 0 Å². The van der Waals surface area contributed by atoms with Gasteiger partial charge in [0, 0.05) is 22.9 Å². The predicted octanol–water partition coefficient (Wildman–Crippen LogP) is 4.17. The fourth-order valence-corrected chi connectivity index (χ4v) is 3.96. The van der Waals surface area contributed by atoms with Crippen LogP contribution in [0.15, 0.2) is 46.8 Å². The Balaban J connectivity index is 1.62. The van der Waals surface area contributed by atoms with Gasteiger partial charge in [0.25, 0.3) is 11.6 Å². The molecular formula is C18H13N5O3S2. The number of thioether (sulfide) groups is 1. The third kappa shape index (κ3) is 4.70. The number of nitrogens with zero attached hydrogens (tertiary/aromatic N) is 4. The number of aromatic nitrogens is 2. The molecule has 0 aliphatic carbocycles. The summed E-state index contributed by atoms with van der Waals surface area (Å²) in [6.07, 6.45) is 0. The smallest absolute Gasteiger partial charge is 0.273 e. The molecule has 0 fully saturated rings. The van der Waals surface area contributed by atoms with E-state index in [0.717, 1.165) is 5.56 Å². The summed E-state index contributed by atoms with van der Waals surface area (Å²) in [6, 6.07) is 13.6. The fourth-order valence-electron chi connectivity index (χ4n) is 2.26. The van der Waals surface area contributed by atoms with Gasteiger partial charge in [-0.1, -0.05) is 41.3 Å². The normalized spacial score (nSPS) is 10.3. The summed E-state index contributed by atoms with van der Waals surface area (Å²) in [5.74, 6) is 0.168. The van der Waals surface area contributed by atoms with Crippen LogP contribution in [0.2, 0.25) is 0 Å². The van der Waals surface area contributed by atoms with Gasteiger partial charge in [0.05, 0.1) is 16.6 Å². The minimum atomic E-state index is -0.519. The van der Waals surface area contributed by atoms with Gasteiger partial charge in [0.15, 0.2) is 4.34 Å². The lowest BCUT2D eigenvalue weighted by Crippen LogP contribution is -2.12. The van der Waals surface area contributed by atoms with E-state index >= 15 is 0 Å². The number of carbonyl (C=O) groups is 1. The molecule has 0 atom stereocenters. The maximum absolute atomic E-state index is 12.3. The molecule has 3 rings (SSSR count). The van der Waals surface area contributed by atoms with Gasteiger partial charge in [-0.3, -0.25) is 20.2 Å². The number of hydrogen-bond donors (Lipinski definition) is 1. The van der Waals surface area contributed by atoms with Crippen molar-refractivity contribution >= 4 is 39.8 Å². The number of carbonyl (C=O) groups excluding carboxylic acids is 1. The molecule has 1 amide bonds. The summed E-state index contributed by atoms with van der Waals surface area (Å²) in [4.78, 5) is 22.8. The van der Waals surface area contributed by atoms with E-state index in [1.165, 1.54) is 41.3 Å². The minimum absolute atomic E-state index is 0.108. The number of benzene rings is 2. The van der Waals surface area contributed by atoms with Crippen molar-refractivity contribution in [1.29, 1.82) is 5.26 Å². The summed E-state index contributed by atoms with van der Waals surface area (Å²) in [6.45, 7) is 1.61. The number of aryl methyl sites for hydroxylation is 1. The van der Waals surface area contributed by atoms with Crippen LogP contribution in [0.4, 0.5) is 10.8 Å². The Labute approximate surface area is 168 Å². The van der Waals surface area contributed by atoms with Crippen LogP contribution in [-0.2, 0) is 5.75 Å². The van der Waals surface area contributed by atoms with Crippen LogP contribution >= 0.6 is 23.1 Å². The topological polar surface area (TPSA) is 122 Å². The minimum Gasteiger partial charge on any atom is -0.296 e. The number of amides is 1. The SMILES string of the molecule is Cc1ccc(C(=O)Nc2nnc(SCc3ccc(C#N)cc3)s2)cc1[N+](=O)[O-]. The van der Waals surface area contributed by atoms with E-state index in [9.17, 15) is 14.9 Å². The molecule has 0 saturated carbocycles. The molecule has 140 valence electrons. The van der Waals surface area contributed by atoms with Crippen LogP contribution in [0.3, 0.4) is 0 Å². The Morgan fingerprint density at radius 3 is 2.71 bits per heavy atom. The third-order valence-corrected chi connectivity index (χ3v) is 5.78. The van der Waals surface area contributed by atoms with Crippen molar-refractivity contribution in [3.05, 3.63) is 74.8 Å². The van der Waals surface area contributed by atoms with E-state index in [1.807, 2.05) is 12.1 Å². The molecule has 0 saturated heterocycles. The predicted molar refractivity (Wildman–Crippen MR) is 106 cm³/mol. The van der Waals surface area contributed by atoms with Crippen molar-refractivity contribution in [3.8, 4) is 6.07 Å². The first-order valence-corrected chi connectivity index (χ1v) is 9.78. The van der Waals surface area contributed by atoms with Gasteiger partial charge in [-0.15, -0.1) is 10.2 Å². The van der Waals surface area contributed by atoms with Crippen molar-refractivity contribution in [2.24, 2.45) is 0 Å². The average Bonchev–Trinajstić information content (AvgIpc) is 3.14. The first kappa shape index (κ1) is 19.5. The highest BCUT2D eigenvalue weighted by molar-refractivity contribution is 8.00. The lowest BCUT2D eigenvalue weighted by Gasteiger charge is -2.02. The van der Waals surface area contributed by atoms with Crippen LogP contribution in [0.5, 0.6) is 0 Å². The zero-order valence-electron chi connectivity index (χ0n) is 14.6. The molecule has 0 aliphatic heterocycles. The maximum Gasteiger partial charge on any atom is 0.273 e. The summed E-state index contributed by atoms with van der Waals surface area (Å²) in [7, 11) is 0. The van der Waals surface area contributed by atoms with Crippen molar-refractivity contribution in [2.75, 3.05) is 5.32 Å². The van der Waals surface area contributed by atoms with Gasteiger partial charge >= 0.3 is 0 Å². The number of anilines is 1. The molecular weight excluding hydrogens is 398 g/mol. The molecule has 1 N–H and O–H groups in total. The van der Waals surface area contributed by atoms with E-state index in [0.29, 0.717) is 26.4 Å². The Hall–Kier alpha value is -3.29. The van der Waals surface area contributed by atoms with Gasteiger partial charge in [0.2, 0.25) is 5.13 Å². The first-order valence-electron chi connectivity index (χ1n) is 7.98. The maximum atomic E-state index is 12.3. The molecule has 0 aliphatic rings. The molecule has 8 nitrogen and oxygen atoms in total. The number of nitro benzene ring substituents is 1. The first-order chi connectivity index (χ1) is 13.5. The molecule has 1 heterocycles. The Morgan fingerprint density at radius 1 is 1.29 bits per heavy atom. The standard InChI is InChI=1S/C18H13N5O3S2/c1-11-2-7-14(8-15(11)23(25)26)16(24)20-17-21-22-18(28-17)27-10-13-5-3-12(9-19)4-6-13/h2-8H,10H2,1H3,(H,20,21,24). The average molecular weight is 411 g/mol. The highest BCUT2D eigenvalue weighted by Crippen LogP contribution is 2.29. The molecule has 3 aromatic rings. The van der Waals surface area contributed by atoms with Gasteiger partial charge < -0.3 is 0 Å². The Kier molecular flexibility index (Phi) is 5.98. The fraction of sp³-hybridized carbons (Fsp3) is 0.111. The van der Waals surface area contributed by atoms with E-state index in [1.54, 1.807) is 19.1 Å². The van der Waals surface area contributed by atoms with E-state index in [4.69, 9.17) is 5.26 Å². The molecule has 0 unspecified atom stereocenters. The van der Waals surface area contributed by atoms with E-state index in [2.05, 4.69) is 21.6 Å². The van der Waals surface area contributed by atoms with Crippen molar-refractivity contribution < 1.29 is 9.72 Å². The second-order valence-corrected chi connectivity index (χ2v) is 7.88. The Morgan fingerprint density at radius 2 is 2.04 bits per heavy atom. The highest BCUT2D eigenvalue weighted by atomic mass is 32.2. The van der Waals surface area contributed by atoms with Crippen LogP contribution in [0, 0.1) is 28.4 Å². The summed E-state index contributed by atoms with van der Waals surface area (Å²) in [5, 5.41) is 30.7. The van der Waals surface area contributed by atoms with Gasteiger partial charge in [-0.2, -0.15) is 5.26 Å². The van der Waals surface area contributed by atoms with E-state index in [-0.39, 0.29) is 11.3 Å². The van der Waals surface area contributed by atoms with Gasteiger partial charge in [-0.25, -0.2) is 0 Å². The largest absolute Gasteiger partial charge is 0.296 e. The molecule has 28 heavy (non-hydrogen) atoms. The summed E-state index contributed by atoms with van der Waals surface area (Å²) < 4.78 is 0.676. The molecule has 0 radical (unpaired) electrons. The lowest BCUT2D eigenvalue weighted by molar-refractivity contribution is -0.385. The molecule has 10 heteroatoms. The summed E-state index contributed by atoms with van der Waals surface area (Å²) >= 11 is 2.68. The van der Waals surface area contributed by atoms with Crippen LogP contribution in [0.1, 0.15) is 27.0 Å². The monoisotopic (exact) mass is 411 g/mol. The number of nitriles is 1. The number of nitro groups is 1. The van der Waals surface area contributed by atoms with Crippen molar-refractivity contribution in [3.63, 3.8) is 0 Å². The third-order valence-electron chi connectivity index (χ3n) is 3.74. The van der Waals surface area contributed by atoms with Gasteiger partial charge in [0.1, 0.15) is 0 Å². The lowest BCUT2D eigenvalue weighted by atomic mass is 10.1. The molecule has 1 aromatic heterocycles. The molecule has 0 spiro atoms. The second-order valence-electron chi connectivity index (χ2n) is 5.68. The zero-order valence-corrected chi connectivity index (χ0v) is 16.2. The number of nitrogens with one attached hydrogen (secondary N) is 1. The second kappa shape index (κ2) is 8.60. The van der Waals surface area contributed by atoms with E-state index < -0.39 is 10.8 Å². The Bertz CT molecular complexity index is 1070. The van der Waals surface area contributed by atoms with Crippen LogP contribution < -0.4 is 5.32 Å². The molecule has 0 bridgehead atoms. The molecule has 2 aromatic carbocycles. The zero-order chi connectivity index (χ0) is 20.1. The van der Waals surface area contributed by atoms with Crippen LogP contribution in [-0.4, -0.2) is 21.0 Å².